The molecule has 0 bridgehead atoms. The van der Waals surface area contributed by atoms with Crippen molar-refractivity contribution in [3.63, 3.8) is 0 Å². The average Bonchev–Trinajstić information content (AvgIpc) is 2.41. The zero-order valence-electron chi connectivity index (χ0n) is 10.0. The summed E-state index contributed by atoms with van der Waals surface area (Å²) in [6.07, 6.45) is -0.750. The number of hydrogen-bond donors (Lipinski definition) is 1. The van der Waals surface area contributed by atoms with Crippen molar-refractivity contribution in [1.82, 2.24) is 0 Å². The highest BCUT2D eigenvalue weighted by molar-refractivity contribution is 9.10. The van der Waals surface area contributed by atoms with E-state index in [0.29, 0.717) is 17.7 Å². The summed E-state index contributed by atoms with van der Waals surface area (Å²) in [4.78, 5) is 0. The molecule has 0 radical (unpaired) electrons. The van der Waals surface area contributed by atoms with Crippen molar-refractivity contribution in [2.45, 2.75) is 18.6 Å². The Morgan fingerprint density at radius 3 is 2.79 bits per heavy atom. The van der Waals surface area contributed by atoms with Crippen molar-refractivity contribution in [2.24, 2.45) is 0 Å². The van der Waals surface area contributed by atoms with Gasteiger partial charge in [-0.15, -0.1) is 0 Å². The summed E-state index contributed by atoms with van der Waals surface area (Å²) in [5.74, 6) is 0.297. The normalized spacial score (nSPS) is 21.6. The molecule has 98 valence electrons. The SMILES string of the molecule is O[C@H]1CC(c2cc(Br)ccc2F)Oc2ccccc21. The molecular weight excluding hydrogens is 311 g/mol. The van der Waals surface area contributed by atoms with Crippen LogP contribution in [-0.2, 0) is 0 Å². The Morgan fingerprint density at radius 2 is 1.95 bits per heavy atom. The van der Waals surface area contributed by atoms with Crippen LogP contribution in [0.1, 0.15) is 29.8 Å². The summed E-state index contributed by atoms with van der Waals surface area (Å²) in [5, 5.41) is 10.1. The maximum atomic E-state index is 13.9. The lowest BCUT2D eigenvalue weighted by molar-refractivity contribution is 0.0640. The first-order valence-electron chi connectivity index (χ1n) is 6.04. The van der Waals surface area contributed by atoms with Crippen LogP contribution in [0.4, 0.5) is 4.39 Å². The van der Waals surface area contributed by atoms with Gasteiger partial charge in [0.05, 0.1) is 6.10 Å². The molecule has 1 aliphatic heterocycles. The van der Waals surface area contributed by atoms with Crippen LogP contribution < -0.4 is 4.74 Å². The van der Waals surface area contributed by atoms with E-state index < -0.39 is 12.2 Å². The Bertz CT molecular complexity index is 615. The zero-order valence-corrected chi connectivity index (χ0v) is 11.6. The van der Waals surface area contributed by atoms with Crippen LogP contribution in [0.2, 0.25) is 0 Å². The third-order valence-corrected chi connectivity index (χ3v) is 3.78. The second-order valence-corrected chi connectivity index (χ2v) is 5.48. The summed E-state index contributed by atoms with van der Waals surface area (Å²) in [7, 11) is 0. The van der Waals surface area contributed by atoms with Gasteiger partial charge in [0.25, 0.3) is 0 Å². The molecule has 0 amide bonds. The number of para-hydroxylation sites is 1. The van der Waals surface area contributed by atoms with Gasteiger partial charge in [-0.1, -0.05) is 34.1 Å². The summed E-state index contributed by atoms with van der Waals surface area (Å²) in [6.45, 7) is 0. The summed E-state index contributed by atoms with van der Waals surface area (Å²) >= 11 is 3.33. The van der Waals surface area contributed by atoms with E-state index in [2.05, 4.69) is 15.9 Å². The van der Waals surface area contributed by atoms with E-state index >= 15 is 0 Å². The molecule has 2 aromatic carbocycles. The van der Waals surface area contributed by atoms with Crippen molar-refractivity contribution in [2.75, 3.05) is 0 Å². The first-order chi connectivity index (χ1) is 9.15. The Balaban J connectivity index is 1.99. The Kier molecular flexibility index (Phi) is 3.29. The van der Waals surface area contributed by atoms with Gasteiger partial charge >= 0.3 is 0 Å². The van der Waals surface area contributed by atoms with Gasteiger partial charge in [-0.05, 0) is 24.3 Å². The second-order valence-electron chi connectivity index (χ2n) is 4.56. The molecule has 0 aliphatic carbocycles. The van der Waals surface area contributed by atoms with Crippen molar-refractivity contribution in [1.29, 1.82) is 0 Å². The molecule has 1 unspecified atom stereocenters. The number of aliphatic hydroxyl groups excluding tert-OH is 1. The van der Waals surface area contributed by atoms with Crippen LogP contribution in [-0.4, -0.2) is 5.11 Å². The van der Waals surface area contributed by atoms with E-state index in [9.17, 15) is 9.50 Å². The first kappa shape index (κ1) is 12.6. The number of ether oxygens (including phenoxy) is 1. The summed E-state index contributed by atoms with van der Waals surface area (Å²) in [6, 6.07) is 12.0. The third kappa shape index (κ3) is 2.38. The summed E-state index contributed by atoms with van der Waals surface area (Å²) < 4.78 is 20.5. The highest BCUT2D eigenvalue weighted by Gasteiger charge is 2.29. The molecule has 3 rings (SSSR count). The number of fused-ring (bicyclic) bond motifs is 1. The molecule has 1 N–H and O–H groups in total. The molecule has 2 atom stereocenters. The minimum atomic E-state index is -0.631. The summed E-state index contributed by atoms with van der Waals surface area (Å²) in [5.41, 5.74) is 1.22. The molecule has 2 aromatic rings. The maximum absolute atomic E-state index is 13.9. The van der Waals surface area contributed by atoms with Gasteiger partial charge in [0.2, 0.25) is 0 Å². The molecular formula is C15H12BrFO2. The molecule has 0 saturated carbocycles. The van der Waals surface area contributed by atoms with Crippen molar-refractivity contribution >= 4 is 15.9 Å². The molecule has 1 aliphatic rings. The molecule has 0 spiro atoms. The van der Waals surface area contributed by atoms with Crippen molar-refractivity contribution in [3.05, 3.63) is 63.9 Å². The number of halogens is 2. The largest absolute Gasteiger partial charge is 0.485 e. The molecule has 1 heterocycles. The highest BCUT2D eigenvalue weighted by Crippen LogP contribution is 2.41. The Labute approximate surface area is 119 Å². The van der Waals surface area contributed by atoms with Gasteiger partial charge in [0.15, 0.2) is 0 Å². The monoisotopic (exact) mass is 322 g/mol. The predicted molar refractivity (Wildman–Crippen MR) is 73.5 cm³/mol. The molecule has 2 nitrogen and oxygen atoms in total. The predicted octanol–water partition coefficient (Wildman–Crippen LogP) is 4.15. The smallest absolute Gasteiger partial charge is 0.130 e. The van der Waals surface area contributed by atoms with E-state index in [1.165, 1.54) is 6.07 Å². The standard InChI is InChI=1S/C15H12BrFO2/c16-9-5-6-12(17)11(7-9)15-8-13(18)10-3-1-2-4-14(10)19-15/h1-7,13,15,18H,8H2/t13-,15?/m0/s1. The molecule has 4 heteroatoms. The van der Waals surface area contributed by atoms with Gasteiger partial charge < -0.3 is 9.84 Å². The van der Waals surface area contributed by atoms with Gasteiger partial charge in [-0.25, -0.2) is 4.39 Å². The quantitative estimate of drug-likeness (QED) is 0.854. The van der Waals surface area contributed by atoms with Crippen molar-refractivity contribution in [3.8, 4) is 5.75 Å². The van der Waals surface area contributed by atoms with Gasteiger partial charge in [-0.3, -0.25) is 0 Å². The highest BCUT2D eigenvalue weighted by atomic mass is 79.9. The maximum Gasteiger partial charge on any atom is 0.130 e. The molecule has 0 saturated heterocycles. The number of rotatable bonds is 1. The molecule has 0 aromatic heterocycles. The van der Waals surface area contributed by atoms with Crippen LogP contribution in [0.5, 0.6) is 5.75 Å². The van der Waals surface area contributed by atoms with E-state index in [4.69, 9.17) is 4.74 Å². The second kappa shape index (κ2) is 4.94. The van der Waals surface area contributed by atoms with Crippen molar-refractivity contribution < 1.29 is 14.2 Å². The lowest BCUT2D eigenvalue weighted by atomic mass is 9.95. The van der Waals surface area contributed by atoms with E-state index in [1.54, 1.807) is 18.2 Å². The van der Waals surface area contributed by atoms with E-state index in [-0.39, 0.29) is 5.82 Å². The first-order valence-corrected chi connectivity index (χ1v) is 6.83. The fourth-order valence-electron chi connectivity index (χ4n) is 2.35. The van der Waals surface area contributed by atoms with E-state index in [1.807, 2.05) is 18.2 Å². The van der Waals surface area contributed by atoms with Crippen LogP contribution in [0.25, 0.3) is 0 Å². The fraction of sp³-hybridized carbons (Fsp3) is 0.200. The number of benzene rings is 2. The zero-order chi connectivity index (χ0) is 13.4. The minimum Gasteiger partial charge on any atom is -0.485 e. The minimum absolute atomic E-state index is 0.320. The van der Waals surface area contributed by atoms with Crippen LogP contribution in [0.3, 0.4) is 0 Å². The Morgan fingerprint density at radius 1 is 1.16 bits per heavy atom. The third-order valence-electron chi connectivity index (χ3n) is 3.29. The lowest BCUT2D eigenvalue weighted by Crippen LogP contribution is -2.19. The Hall–Kier alpha value is -1.39. The number of hydrogen-bond acceptors (Lipinski definition) is 2. The van der Waals surface area contributed by atoms with Gasteiger partial charge in [0.1, 0.15) is 17.7 Å². The average molecular weight is 323 g/mol. The van der Waals surface area contributed by atoms with Crippen LogP contribution in [0.15, 0.2) is 46.9 Å². The van der Waals surface area contributed by atoms with E-state index in [0.717, 1.165) is 10.0 Å². The molecule has 0 fully saturated rings. The van der Waals surface area contributed by atoms with Gasteiger partial charge in [-0.2, -0.15) is 0 Å². The van der Waals surface area contributed by atoms with Crippen LogP contribution in [0, 0.1) is 5.82 Å². The fourth-order valence-corrected chi connectivity index (χ4v) is 2.72. The van der Waals surface area contributed by atoms with Crippen LogP contribution >= 0.6 is 15.9 Å². The topological polar surface area (TPSA) is 29.5 Å². The van der Waals surface area contributed by atoms with Gasteiger partial charge in [0, 0.05) is 22.0 Å². The number of aliphatic hydroxyl groups is 1. The lowest BCUT2D eigenvalue weighted by Gasteiger charge is -2.30. The molecule has 19 heavy (non-hydrogen) atoms.